The number of likely N-dealkylation sites (N-methyl/N-ethyl adjacent to an activating group) is 1. The van der Waals surface area contributed by atoms with Crippen LogP contribution in [0, 0.1) is 12.8 Å². The van der Waals surface area contributed by atoms with Gasteiger partial charge in [-0.1, -0.05) is 0 Å². The highest BCUT2D eigenvalue weighted by atomic mass is 16.3. The van der Waals surface area contributed by atoms with Gasteiger partial charge in [-0.15, -0.1) is 10.2 Å². The fourth-order valence-corrected chi connectivity index (χ4v) is 2.35. The van der Waals surface area contributed by atoms with Crippen molar-refractivity contribution in [1.29, 1.82) is 0 Å². The number of nitrogens with zero attached hydrogens (tertiary/aromatic N) is 4. The summed E-state index contributed by atoms with van der Waals surface area (Å²) in [6.07, 6.45) is 3.46. The molecule has 1 N–H and O–H groups in total. The first-order chi connectivity index (χ1) is 9.56. The number of aliphatic hydroxyl groups is 1. The molecule has 6 heteroatoms. The summed E-state index contributed by atoms with van der Waals surface area (Å²) in [4.78, 5) is 13.9. The van der Waals surface area contributed by atoms with Gasteiger partial charge in [-0.05, 0) is 37.8 Å². The van der Waals surface area contributed by atoms with Gasteiger partial charge in [-0.3, -0.25) is 9.20 Å². The lowest BCUT2D eigenvalue weighted by atomic mass is 10.2. The van der Waals surface area contributed by atoms with E-state index in [9.17, 15) is 9.90 Å². The number of amides is 1. The molecule has 6 nitrogen and oxygen atoms in total. The van der Waals surface area contributed by atoms with Crippen LogP contribution in [-0.2, 0) is 0 Å². The highest BCUT2D eigenvalue weighted by molar-refractivity contribution is 5.94. The lowest BCUT2D eigenvalue weighted by molar-refractivity contribution is 0.0645. The predicted octanol–water partition coefficient (Wildman–Crippen LogP) is 0.881. The van der Waals surface area contributed by atoms with E-state index in [1.807, 2.05) is 6.92 Å². The zero-order valence-corrected chi connectivity index (χ0v) is 11.7. The van der Waals surface area contributed by atoms with Crippen LogP contribution >= 0.6 is 0 Å². The van der Waals surface area contributed by atoms with E-state index < -0.39 is 6.10 Å². The molecule has 2 aromatic heterocycles. The van der Waals surface area contributed by atoms with Gasteiger partial charge >= 0.3 is 0 Å². The molecule has 0 aliphatic heterocycles. The van der Waals surface area contributed by atoms with E-state index in [-0.39, 0.29) is 5.91 Å². The lowest BCUT2D eigenvalue weighted by Crippen LogP contribution is -2.35. The molecule has 1 unspecified atom stereocenters. The van der Waals surface area contributed by atoms with Crippen molar-refractivity contribution in [2.45, 2.75) is 25.9 Å². The summed E-state index contributed by atoms with van der Waals surface area (Å²) in [7, 11) is 1.72. The number of hydrogen-bond donors (Lipinski definition) is 1. The summed E-state index contributed by atoms with van der Waals surface area (Å²) in [5.41, 5.74) is 1.30. The Bertz CT molecular complexity index is 648. The molecule has 0 bridgehead atoms. The molecular weight excluding hydrogens is 256 g/mol. The van der Waals surface area contributed by atoms with Crippen molar-refractivity contribution in [1.82, 2.24) is 19.5 Å². The number of rotatable bonds is 4. The summed E-state index contributed by atoms with van der Waals surface area (Å²) in [6.45, 7) is 2.22. The van der Waals surface area contributed by atoms with E-state index in [0.717, 1.165) is 24.3 Å². The first-order valence-electron chi connectivity index (χ1n) is 6.81. The SMILES string of the molecule is Cc1nnc2ccc(C(=O)N(C)CC(O)C3CC3)cn12. The molecule has 1 amide bonds. The third-order valence-corrected chi connectivity index (χ3v) is 3.79. The van der Waals surface area contributed by atoms with Crippen LogP contribution in [0.1, 0.15) is 29.0 Å². The highest BCUT2D eigenvalue weighted by Gasteiger charge is 2.31. The molecule has 1 aliphatic carbocycles. The first-order valence-corrected chi connectivity index (χ1v) is 6.81. The van der Waals surface area contributed by atoms with Crippen LogP contribution in [0.3, 0.4) is 0 Å². The number of carbonyl (C=O) groups is 1. The summed E-state index contributed by atoms with van der Waals surface area (Å²) in [5.74, 6) is 1.02. The van der Waals surface area contributed by atoms with E-state index >= 15 is 0 Å². The number of hydrogen-bond acceptors (Lipinski definition) is 4. The number of aromatic nitrogens is 3. The lowest BCUT2D eigenvalue weighted by Gasteiger charge is -2.20. The van der Waals surface area contributed by atoms with Gasteiger partial charge in [0.15, 0.2) is 5.65 Å². The third kappa shape index (κ3) is 2.38. The molecule has 0 aromatic carbocycles. The average molecular weight is 274 g/mol. The maximum atomic E-state index is 12.4. The molecule has 1 saturated carbocycles. The Morgan fingerprint density at radius 2 is 2.25 bits per heavy atom. The van der Waals surface area contributed by atoms with Gasteiger partial charge in [0.25, 0.3) is 5.91 Å². The molecule has 3 rings (SSSR count). The van der Waals surface area contributed by atoms with Crippen molar-refractivity contribution in [3.8, 4) is 0 Å². The van der Waals surface area contributed by atoms with E-state index in [1.54, 1.807) is 34.7 Å². The summed E-state index contributed by atoms with van der Waals surface area (Å²) in [5, 5.41) is 17.9. The van der Waals surface area contributed by atoms with Crippen LogP contribution < -0.4 is 0 Å². The van der Waals surface area contributed by atoms with Gasteiger partial charge in [-0.25, -0.2) is 0 Å². The number of aryl methyl sites for hydroxylation is 1. The number of fused-ring (bicyclic) bond motifs is 1. The van der Waals surface area contributed by atoms with Crippen molar-refractivity contribution in [3.05, 3.63) is 29.7 Å². The Hall–Kier alpha value is -1.95. The van der Waals surface area contributed by atoms with Gasteiger partial charge in [0.1, 0.15) is 5.82 Å². The van der Waals surface area contributed by atoms with Crippen molar-refractivity contribution >= 4 is 11.6 Å². The van der Waals surface area contributed by atoms with Gasteiger partial charge in [0.05, 0.1) is 11.7 Å². The van der Waals surface area contributed by atoms with Crippen LogP contribution in [0.4, 0.5) is 0 Å². The van der Waals surface area contributed by atoms with Gasteiger partial charge in [-0.2, -0.15) is 0 Å². The van der Waals surface area contributed by atoms with Crippen LogP contribution in [0.15, 0.2) is 18.3 Å². The van der Waals surface area contributed by atoms with E-state index in [1.165, 1.54) is 0 Å². The predicted molar refractivity (Wildman–Crippen MR) is 73.4 cm³/mol. The molecule has 1 fully saturated rings. The number of aliphatic hydroxyl groups excluding tert-OH is 1. The van der Waals surface area contributed by atoms with Crippen molar-refractivity contribution in [2.24, 2.45) is 5.92 Å². The minimum Gasteiger partial charge on any atom is -0.391 e. The second-order valence-electron chi connectivity index (χ2n) is 5.48. The fourth-order valence-electron chi connectivity index (χ4n) is 2.35. The molecule has 20 heavy (non-hydrogen) atoms. The zero-order chi connectivity index (χ0) is 14.3. The maximum absolute atomic E-state index is 12.4. The molecular formula is C14H18N4O2. The standard InChI is InChI=1S/C14H18N4O2/c1-9-15-16-13-6-5-11(7-18(9)13)14(20)17(2)8-12(19)10-3-4-10/h5-7,10,12,19H,3-4,8H2,1-2H3. The molecule has 2 heterocycles. The normalized spacial score (nSPS) is 16.4. The van der Waals surface area contributed by atoms with Gasteiger partial charge < -0.3 is 10.0 Å². The Labute approximate surface area is 117 Å². The smallest absolute Gasteiger partial charge is 0.255 e. The van der Waals surface area contributed by atoms with Gasteiger partial charge in [0, 0.05) is 19.8 Å². The maximum Gasteiger partial charge on any atom is 0.255 e. The molecule has 0 radical (unpaired) electrons. The number of carbonyl (C=O) groups excluding carboxylic acids is 1. The van der Waals surface area contributed by atoms with Crippen molar-refractivity contribution < 1.29 is 9.90 Å². The minimum atomic E-state index is -0.413. The molecule has 1 aliphatic rings. The van der Waals surface area contributed by atoms with E-state index in [2.05, 4.69) is 10.2 Å². The third-order valence-electron chi connectivity index (χ3n) is 3.79. The second kappa shape index (κ2) is 4.86. The Kier molecular flexibility index (Phi) is 3.17. The van der Waals surface area contributed by atoms with Gasteiger partial charge in [0.2, 0.25) is 0 Å². The second-order valence-corrected chi connectivity index (χ2v) is 5.48. The van der Waals surface area contributed by atoms with Crippen LogP contribution in [0.2, 0.25) is 0 Å². The Morgan fingerprint density at radius 1 is 1.50 bits per heavy atom. The summed E-state index contributed by atoms with van der Waals surface area (Å²) >= 11 is 0. The molecule has 1 atom stereocenters. The molecule has 2 aromatic rings. The van der Waals surface area contributed by atoms with Crippen LogP contribution in [0.25, 0.3) is 5.65 Å². The highest BCUT2D eigenvalue weighted by Crippen LogP contribution is 2.32. The largest absolute Gasteiger partial charge is 0.391 e. The Balaban J connectivity index is 1.78. The minimum absolute atomic E-state index is 0.0975. The monoisotopic (exact) mass is 274 g/mol. The molecule has 0 saturated heterocycles. The topological polar surface area (TPSA) is 70.7 Å². The quantitative estimate of drug-likeness (QED) is 0.898. The summed E-state index contributed by atoms with van der Waals surface area (Å²) < 4.78 is 1.79. The van der Waals surface area contributed by atoms with Crippen molar-refractivity contribution in [3.63, 3.8) is 0 Å². The number of pyridine rings is 1. The summed E-state index contributed by atoms with van der Waals surface area (Å²) in [6, 6.07) is 3.52. The van der Waals surface area contributed by atoms with Crippen LogP contribution in [-0.4, -0.2) is 50.2 Å². The van der Waals surface area contributed by atoms with Crippen molar-refractivity contribution in [2.75, 3.05) is 13.6 Å². The van der Waals surface area contributed by atoms with Crippen LogP contribution in [0.5, 0.6) is 0 Å². The fraction of sp³-hybridized carbons (Fsp3) is 0.500. The Morgan fingerprint density at radius 3 is 2.95 bits per heavy atom. The first kappa shape index (κ1) is 13.1. The van der Waals surface area contributed by atoms with E-state index in [0.29, 0.717) is 18.0 Å². The average Bonchev–Trinajstić information content (AvgIpc) is 3.23. The molecule has 106 valence electrons. The zero-order valence-electron chi connectivity index (χ0n) is 11.7. The van der Waals surface area contributed by atoms with E-state index in [4.69, 9.17) is 0 Å². The molecule has 0 spiro atoms.